The van der Waals surface area contributed by atoms with Crippen LogP contribution in [0.4, 0.5) is 13.2 Å². The van der Waals surface area contributed by atoms with Gasteiger partial charge >= 0.3 is 12.1 Å². The summed E-state index contributed by atoms with van der Waals surface area (Å²) < 4.78 is 41.1. The molecular weight excluding hydrogens is 383 g/mol. The van der Waals surface area contributed by atoms with Crippen LogP contribution < -0.4 is 10.6 Å². The maximum Gasteiger partial charge on any atom is 0.471 e. The van der Waals surface area contributed by atoms with Gasteiger partial charge in [0.1, 0.15) is 0 Å². The van der Waals surface area contributed by atoms with E-state index in [1.54, 1.807) is 5.32 Å². The Morgan fingerprint density at radius 1 is 1.07 bits per heavy atom. The normalized spacial score (nSPS) is 13.5. The first-order valence-corrected chi connectivity index (χ1v) is 8.29. The van der Waals surface area contributed by atoms with Crippen molar-refractivity contribution in [2.45, 2.75) is 12.6 Å². The Bertz CT molecular complexity index is 795. The third kappa shape index (κ3) is 4.85. The Balaban J connectivity index is 1.95. The molecule has 0 saturated carbocycles. The number of halogens is 3. The van der Waals surface area contributed by atoms with Gasteiger partial charge in [-0.1, -0.05) is 0 Å². The third-order valence-corrected chi connectivity index (χ3v) is 3.92. The van der Waals surface area contributed by atoms with E-state index in [4.69, 9.17) is 4.74 Å². The molecule has 1 aliphatic rings. The zero-order valence-electron chi connectivity index (χ0n) is 14.9. The van der Waals surface area contributed by atoms with E-state index in [2.05, 4.69) is 5.32 Å². The van der Waals surface area contributed by atoms with E-state index in [-0.39, 0.29) is 29.8 Å². The lowest BCUT2D eigenvalue weighted by molar-refractivity contribution is -0.173. The molecule has 0 saturated heterocycles. The van der Waals surface area contributed by atoms with Gasteiger partial charge in [0.25, 0.3) is 17.7 Å². The van der Waals surface area contributed by atoms with Gasteiger partial charge in [-0.15, -0.1) is 0 Å². The van der Waals surface area contributed by atoms with Gasteiger partial charge in [0.2, 0.25) is 0 Å². The summed E-state index contributed by atoms with van der Waals surface area (Å²) in [5.74, 6) is -3.74. The Kier molecular flexibility index (Phi) is 6.73. The lowest BCUT2D eigenvalue weighted by Crippen LogP contribution is -2.41. The summed E-state index contributed by atoms with van der Waals surface area (Å²) in [5.41, 5.74) is 0.331. The monoisotopic (exact) mass is 401 g/mol. The molecule has 1 heterocycles. The largest absolute Gasteiger partial charge is 0.471 e. The summed E-state index contributed by atoms with van der Waals surface area (Å²) in [6, 6.07) is 3.95. The number of hydrogen-bond donors (Lipinski definition) is 2. The quantitative estimate of drug-likeness (QED) is 0.494. The Morgan fingerprint density at radius 2 is 1.71 bits per heavy atom. The predicted molar refractivity (Wildman–Crippen MR) is 89.7 cm³/mol. The van der Waals surface area contributed by atoms with Crippen LogP contribution in [-0.2, 0) is 9.53 Å². The van der Waals surface area contributed by atoms with Crippen molar-refractivity contribution in [3.05, 3.63) is 34.9 Å². The van der Waals surface area contributed by atoms with Gasteiger partial charge in [-0.2, -0.15) is 13.2 Å². The first-order valence-electron chi connectivity index (χ1n) is 8.29. The number of methoxy groups -OCH3 is 1. The van der Waals surface area contributed by atoms with Crippen LogP contribution in [0.3, 0.4) is 0 Å². The minimum Gasteiger partial charge on any atom is -0.385 e. The highest BCUT2D eigenvalue weighted by Crippen LogP contribution is 2.24. The molecule has 4 amide bonds. The zero-order chi connectivity index (χ0) is 20.9. The number of hydrogen-bond acceptors (Lipinski definition) is 5. The van der Waals surface area contributed by atoms with Crippen molar-refractivity contribution in [2.75, 3.05) is 33.4 Å². The van der Waals surface area contributed by atoms with Crippen molar-refractivity contribution in [3.63, 3.8) is 0 Å². The van der Waals surface area contributed by atoms with Crippen LogP contribution in [0, 0.1) is 0 Å². The van der Waals surface area contributed by atoms with E-state index in [0.717, 1.165) is 4.90 Å². The van der Waals surface area contributed by atoms with Crippen LogP contribution in [0.5, 0.6) is 0 Å². The number of ether oxygens (including phenoxy) is 1. The molecule has 1 aliphatic heterocycles. The minimum atomic E-state index is -4.99. The lowest BCUT2D eigenvalue weighted by atomic mass is 10.1. The fourth-order valence-corrected chi connectivity index (χ4v) is 2.56. The van der Waals surface area contributed by atoms with Crippen molar-refractivity contribution in [1.29, 1.82) is 0 Å². The van der Waals surface area contributed by atoms with Crippen LogP contribution in [0.1, 0.15) is 37.5 Å². The molecule has 28 heavy (non-hydrogen) atoms. The molecule has 8 nitrogen and oxygen atoms in total. The molecular formula is C17H18F3N3O5. The molecule has 0 unspecified atom stereocenters. The van der Waals surface area contributed by atoms with E-state index < -0.39 is 36.3 Å². The number of nitrogens with one attached hydrogen (secondary N) is 2. The average Bonchev–Trinajstić information content (AvgIpc) is 2.88. The molecule has 0 aliphatic carbocycles. The van der Waals surface area contributed by atoms with Gasteiger partial charge in [0, 0.05) is 38.9 Å². The zero-order valence-corrected chi connectivity index (χ0v) is 14.9. The maximum atomic E-state index is 12.4. The fourth-order valence-electron chi connectivity index (χ4n) is 2.56. The van der Waals surface area contributed by atoms with E-state index in [0.29, 0.717) is 13.0 Å². The summed E-state index contributed by atoms with van der Waals surface area (Å²) in [6.07, 6.45) is -4.52. The number of imide groups is 1. The van der Waals surface area contributed by atoms with E-state index in [1.807, 2.05) is 0 Å². The van der Waals surface area contributed by atoms with Crippen LogP contribution in [-0.4, -0.2) is 68.1 Å². The van der Waals surface area contributed by atoms with E-state index in [1.165, 1.54) is 25.3 Å². The predicted octanol–water partition coefficient (Wildman–Crippen LogP) is 0.727. The topological polar surface area (TPSA) is 105 Å². The standard InChI is InChI=1S/C17H18F3N3O5/c1-28-8-2-7-23-14(25)11-4-3-10(9-12(11)15(23)26)13(24)21-5-6-22-16(27)17(18,19)20/h3-4,9H,2,5-8H2,1H3,(H,21,24)(H,22,27). The van der Waals surface area contributed by atoms with E-state index in [9.17, 15) is 32.3 Å². The lowest BCUT2D eigenvalue weighted by Gasteiger charge is -2.12. The van der Waals surface area contributed by atoms with Crippen molar-refractivity contribution in [1.82, 2.24) is 15.5 Å². The Hall–Kier alpha value is -2.95. The van der Waals surface area contributed by atoms with Crippen LogP contribution in [0.25, 0.3) is 0 Å². The van der Waals surface area contributed by atoms with Crippen LogP contribution >= 0.6 is 0 Å². The van der Waals surface area contributed by atoms with Gasteiger partial charge in [-0.25, -0.2) is 0 Å². The minimum absolute atomic E-state index is 0.0702. The molecule has 0 bridgehead atoms. The van der Waals surface area contributed by atoms with Crippen molar-refractivity contribution < 1.29 is 37.1 Å². The smallest absolute Gasteiger partial charge is 0.385 e. The van der Waals surface area contributed by atoms with Crippen molar-refractivity contribution in [3.8, 4) is 0 Å². The summed E-state index contributed by atoms with van der Waals surface area (Å²) >= 11 is 0. The molecule has 0 aromatic heterocycles. The van der Waals surface area contributed by atoms with Gasteiger partial charge in [-0.3, -0.25) is 24.1 Å². The van der Waals surface area contributed by atoms with Gasteiger partial charge in [0.15, 0.2) is 0 Å². The van der Waals surface area contributed by atoms with E-state index >= 15 is 0 Å². The van der Waals surface area contributed by atoms with Gasteiger partial charge in [0.05, 0.1) is 11.1 Å². The third-order valence-electron chi connectivity index (χ3n) is 3.92. The molecule has 2 N–H and O–H groups in total. The molecule has 1 aromatic rings. The summed E-state index contributed by atoms with van der Waals surface area (Å²) in [5, 5.41) is 3.95. The Morgan fingerprint density at radius 3 is 2.36 bits per heavy atom. The molecule has 0 fully saturated rings. The average molecular weight is 401 g/mol. The maximum absolute atomic E-state index is 12.4. The van der Waals surface area contributed by atoms with Crippen LogP contribution in [0.15, 0.2) is 18.2 Å². The SMILES string of the molecule is COCCCN1C(=O)c2ccc(C(=O)NCCNC(=O)C(F)(F)F)cc2C1=O. The number of carbonyl (C=O) groups is 4. The number of rotatable bonds is 8. The summed E-state index contributed by atoms with van der Waals surface area (Å²) in [7, 11) is 1.50. The molecule has 0 radical (unpaired) electrons. The van der Waals surface area contributed by atoms with Crippen molar-refractivity contribution >= 4 is 23.6 Å². The van der Waals surface area contributed by atoms with Crippen molar-refractivity contribution in [2.24, 2.45) is 0 Å². The first kappa shape index (κ1) is 21.4. The second kappa shape index (κ2) is 8.83. The highest BCUT2D eigenvalue weighted by atomic mass is 19.4. The number of nitrogens with zero attached hydrogens (tertiary/aromatic N) is 1. The molecule has 11 heteroatoms. The molecule has 152 valence electrons. The second-order valence-corrected chi connectivity index (χ2v) is 5.88. The second-order valence-electron chi connectivity index (χ2n) is 5.88. The summed E-state index contributed by atoms with van der Waals surface area (Å²) in [6.45, 7) is -0.0972. The molecule has 0 atom stereocenters. The number of alkyl halides is 3. The Labute approximate surface area is 158 Å². The highest BCUT2D eigenvalue weighted by molar-refractivity contribution is 6.22. The molecule has 1 aromatic carbocycles. The molecule has 0 spiro atoms. The number of amides is 4. The number of fused-ring (bicyclic) bond motifs is 1. The summed E-state index contributed by atoms with van der Waals surface area (Å²) in [4.78, 5) is 48.5. The number of carbonyl (C=O) groups excluding carboxylic acids is 4. The highest BCUT2D eigenvalue weighted by Gasteiger charge is 2.38. The first-order chi connectivity index (χ1) is 13.2. The molecule has 2 rings (SSSR count). The number of benzene rings is 1. The van der Waals surface area contributed by atoms with Gasteiger partial charge in [-0.05, 0) is 24.6 Å². The van der Waals surface area contributed by atoms with Gasteiger partial charge < -0.3 is 15.4 Å². The fraction of sp³-hybridized carbons (Fsp3) is 0.412. The van der Waals surface area contributed by atoms with Crippen LogP contribution in [0.2, 0.25) is 0 Å².